The molecule has 6 heteroatoms. The molecule has 1 aromatic carbocycles. The molecule has 6 nitrogen and oxygen atoms in total. The van der Waals surface area contributed by atoms with E-state index in [1.54, 1.807) is 6.33 Å². The third kappa shape index (κ3) is 3.38. The minimum atomic E-state index is 0.0705. The van der Waals surface area contributed by atoms with Crippen molar-refractivity contribution in [3.63, 3.8) is 0 Å². The first-order valence-electron chi connectivity index (χ1n) is 10.2. The highest BCUT2D eigenvalue weighted by Gasteiger charge is 2.33. The maximum absolute atomic E-state index is 6.60. The summed E-state index contributed by atoms with van der Waals surface area (Å²) >= 11 is 0. The van der Waals surface area contributed by atoms with E-state index in [1.165, 1.54) is 11.1 Å². The monoisotopic (exact) mass is 378 g/mol. The Labute approximate surface area is 164 Å². The molecule has 0 unspecified atom stereocenters. The van der Waals surface area contributed by atoms with Crippen LogP contribution in [0.4, 0.5) is 5.82 Å². The Kier molecular flexibility index (Phi) is 4.74. The summed E-state index contributed by atoms with van der Waals surface area (Å²) in [7, 11) is 0. The highest BCUT2D eigenvalue weighted by molar-refractivity contribution is 5.87. The van der Waals surface area contributed by atoms with E-state index in [0.29, 0.717) is 0 Å². The molecule has 28 heavy (non-hydrogen) atoms. The van der Waals surface area contributed by atoms with Gasteiger partial charge in [-0.2, -0.15) is 0 Å². The normalized spacial score (nSPS) is 22.9. The second kappa shape index (κ2) is 7.53. The Morgan fingerprint density at radius 1 is 1.14 bits per heavy atom. The Morgan fingerprint density at radius 3 is 2.89 bits per heavy atom. The highest BCUT2D eigenvalue weighted by Crippen LogP contribution is 2.36. The van der Waals surface area contributed by atoms with Crippen molar-refractivity contribution >= 4 is 16.9 Å². The van der Waals surface area contributed by atoms with E-state index in [2.05, 4.69) is 50.6 Å². The molecule has 2 aliphatic rings. The molecule has 1 saturated heterocycles. The average molecular weight is 378 g/mol. The van der Waals surface area contributed by atoms with Crippen molar-refractivity contribution in [1.29, 1.82) is 0 Å². The lowest BCUT2D eigenvalue weighted by molar-refractivity contribution is -0.0781. The second-order valence-electron chi connectivity index (χ2n) is 7.78. The molecule has 2 N–H and O–H groups in total. The fourth-order valence-corrected chi connectivity index (χ4v) is 4.44. The predicted octanol–water partition coefficient (Wildman–Crippen LogP) is 3.93. The summed E-state index contributed by atoms with van der Waals surface area (Å²) in [6.07, 6.45) is 6.00. The molecule has 146 valence electrons. The molecule has 0 amide bonds. The van der Waals surface area contributed by atoms with Gasteiger partial charge in [-0.3, -0.25) is 0 Å². The number of hydrogen-bond acceptors (Lipinski definition) is 5. The maximum atomic E-state index is 6.60. The fraction of sp³-hybridized carbons (Fsp3) is 0.455. The number of benzene rings is 1. The third-order valence-corrected chi connectivity index (χ3v) is 5.85. The number of rotatable bonds is 4. The van der Waals surface area contributed by atoms with Crippen LogP contribution in [0.2, 0.25) is 0 Å². The molecule has 2 atom stereocenters. The zero-order chi connectivity index (χ0) is 18.9. The van der Waals surface area contributed by atoms with E-state index in [1.807, 2.05) is 6.92 Å². The summed E-state index contributed by atoms with van der Waals surface area (Å²) in [6.45, 7) is 3.63. The van der Waals surface area contributed by atoms with Gasteiger partial charge in [0.05, 0.1) is 23.6 Å². The van der Waals surface area contributed by atoms with Gasteiger partial charge in [-0.05, 0) is 49.8 Å². The first kappa shape index (κ1) is 17.6. The van der Waals surface area contributed by atoms with Crippen LogP contribution in [0.5, 0.6) is 0 Å². The summed E-state index contributed by atoms with van der Waals surface area (Å²) in [5.41, 5.74) is 4.64. The topological polar surface area (TPSA) is 72.1 Å². The summed E-state index contributed by atoms with van der Waals surface area (Å²) in [5, 5.41) is 4.73. The number of nitrogens with zero attached hydrogens (tertiary/aromatic N) is 2. The number of hydrogen-bond donors (Lipinski definition) is 2. The van der Waals surface area contributed by atoms with Crippen LogP contribution in [0.25, 0.3) is 11.0 Å². The van der Waals surface area contributed by atoms with Crippen molar-refractivity contribution in [2.75, 3.05) is 18.5 Å². The maximum Gasteiger partial charge on any atom is 0.143 e. The standard InChI is InChI=1S/C22H26N4O2/c1-14-12-18-21(25-14)23-13-24-22(18)26-20-17-5-3-2-4-15(17)6-7-19(20)28-16-8-10-27-11-9-16/h2-5,12-13,16,19-20H,6-11H2,1H3,(H2,23,24,25,26)/t19-,20+/m1/s1. The molecular formula is C22H26N4O2. The van der Waals surface area contributed by atoms with Crippen LogP contribution in [-0.2, 0) is 15.9 Å². The van der Waals surface area contributed by atoms with Crippen molar-refractivity contribution in [2.45, 2.75) is 50.9 Å². The third-order valence-electron chi connectivity index (χ3n) is 5.85. The van der Waals surface area contributed by atoms with Crippen molar-refractivity contribution in [2.24, 2.45) is 0 Å². The lowest BCUT2D eigenvalue weighted by Gasteiger charge is -2.37. The molecule has 3 aromatic rings. The lowest BCUT2D eigenvalue weighted by atomic mass is 9.85. The number of fused-ring (bicyclic) bond motifs is 2. The van der Waals surface area contributed by atoms with Gasteiger partial charge in [0.2, 0.25) is 0 Å². The van der Waals surface area contributed by atoms with E-state index in [0.717, 1.165) is 61.4 Å². The number of aromatic nitrogens is 3. The lowest BCUT2D eigenvalue weighted by Crippen LogP contribution is -2.37. The van der Waals surface area contributed by atoms with E-state index in [4.69, 9.17) is 9.47 Å². The second-order valence-corrected chi connectivity index (χ2v) is 7.78. The van der Waals surface area contributed by atoms with Gasteiger partial charge in [0.25, 0.3) is 0 Å². The number of H-pyrrole nitrogens is 1. The van der Waals surface area contributed by atoms with Crippen LogP contribution in [0.1, 0.15) is 42.1 Å². The SMILES string of the molecule is Cc1cc2c(N[C@H]3c4ccccc4CC[C@H]3OC3CCOCC3)ncnc2[nH]1. The molecule has 1 aliphatic carbocycles. The smallest absolute Gasteiger partial charge is 0.143 e. The van der Waals surface area contributed by atoms with Crippen molar-refractivity contribution in [3.8, 4) is 0 Å². The minimum absolute atomic E-state index is 0.0705. The Bertz CT molecular complexity index is 964. The van der Waals surface area contributed by atoms with E-state index in [-0.39, 0.29) is 18.2 Å². The molecule has 5 rings (SSSR count). The summed E-state index contributed by atoms with van der Waals surface area (Å²) in [4.78, 5) is 12.2. The molecular weight excluding hydrogens is 352 g/mol. The van der Waals surface area contributed by atoms with Crippen molar-refractivity contribution < 1.29 is 9.47 Å². The van der Waals surface area contributed by atoms with Crippen LogP contribution in [0.3, 0.4) is 0 Å². The summed E-state index contributed by atoms with van der Waals surface area (Å²) < 4.78 is 12.1. The molecule has 0 radical (unpaired) electrons. The highest BCUT2D eigenvalue weighted by atomic mass is 16.5. The van der Waals surface area contributed by atoms with Crippen LogP contribution in [-0.4, -0.2) is 40.4 Å². The first-order valence-corrected chi connectivity index (χ1v) is 10.2. The quantitative estimate of drug-likeness (QED) is 0.720. The molecule has 0 saturated carbocycles. The van der Waals surface area contributed by atoms with Crippen LogP contribution in [0.15, 0.2) is 36.7 Å². The zero-order valence-electron chi connectivity index (χ0n) is 16.1. The average Bonchev–Trinajstić information content (AvgIpc) is 3.11. The number of nitrogens with one attached hydrogen (secondary N) is 2. The largest absolute Gasteiger partial charge is 0.381 e. The van der Waals surface area contributed by atoms with Gasteiger partial charge in [-0.1, -0.05) is 24.3 Å². The molecule has 1 fully saturated rings. The van der Waals surface area contributed by atoms with Gasteiger partial charge in [0, 0.05) is 18.9 Å². The first-order chi connectivity index (χ1) is 13.8. The molecule has 3 heterocycles. The van der Waals surface area contributed by atoms with E-state index < -0.39 is 0 Å². The number of aryl methyl sites for hydroxylation is 2. The fourth-order valence-electron chi connectivity index (χ4n) is 4.44. The van der Waals surface area contributed by atoms with Crippen molar-refractivity contribution in [3.05, 3.63) is 53.5 Å². The van der Waals surface area contributed by atoms with E-state index in [9.17, 15) is 0 Å². The molecule has 2 aromatic heterocycles. The van der Waals surface area contributed by atoms with Crippen LogP contribution < -0.4 is 5.32 Å². The van der Waals surface area contributed by atoms with Gasteiger partial charge in [-0.15, -0.1) is 0 Å². The van der Waals surface area contributed by atoms with Gasteiger partial charge in [0.15, 0.2) is 0 Å². The van der Waals surface area contributed by atoms with Gasteiger partial charge >= 0.3 is 0 Å². The molecule has 0 spiro atoms. The van der Waals surface area contributed by atoms with Gasteiger partial charge < -0.3 is 19.8 Å². The van der Waals surface area contributed by atoms with Crippen LogP contribution >= 0.6 is 0 Å². The van der Waals surface area contributed by atoms with Crippen LogP contribution in [0, 0.1) is 6.92 Å². The minimum Gasteiger partial charge on any atom is -0.381 e. The Hall–Kier alpha value is -2.44. The summed E-state index contributed by atoms with van der Waals surface area (Å²) in [6, 6.07) is 10.8. The number of aromatic amines is 1. The van der Waals surface area contributed by atoms with Crippen molar-refractivity contribution in [1.82, 2.24) is 15.0 Å². The van der Waals surface area contributed by atoms with E-state index >= 15 is 0 Å². The van der Waals surface area contributed by atoms with Gasteiger partial charge in [-0.25, -0.2) is 9.97 Å². The Morgan fingerprint density at radius 2 is 2.00 bits per heavy atom. The molecule has 0 bridgehead atoms. The zero-order valence-corrected chi connectivity index (χ0v) is 16.1. The number of ether oxygens (including phenoxy) is 2. The van der Waals surface area contributed by atoms with Gasteiger partial charge in [0.1, 0.15) is 17.8 Å². The number of anilines is 1. The predicted molar refractivity (Wildman–Crippen MR) is 108 cm³/mol. The molecule has 1 aliphatic heterocycles. The summed E-state index contributed by atoms with van der Waals surface area (Å²) in [5.74, 6) is 0.858. The Balaban J connectivity index is 1.48.